The fraction of sp³-hybridized carbons (Fsp3) is 0.200. The molecule has 0 amide bonds. The minimum atomic E-state index is -0.218. The lowest BCUT2D eigenvalue weighted by Gasteiger charge is -2.13. The smallest absolute Gasteiger partial charge is 0.131 e. The van der Waals surface area contributed by atoms with E-state index in [2.05, 4.69) is 0 Å². The number of hydrogen-bond donors (Lipinski definition) is 1. The molecular weight excluding hydrogens is 227 g/mol. The zero-order chi connectivity index (χ0) is 13.1. The molecule has 0 bridgehead atoms. The number of hydrogen-bond acceptors (Lipinski definition) is 2. The Kier molecular flexibility index (Phi) is 3.63. The second kappa shape index (κ2) is 5.19. The number of rotatable bonds is 3. The molecule has 0 fully saturated rings. The fourth-order valence-corrected chi connectivity index (χ4v) is 1.86. The Morgan fingerprint density at radius 3 is 2.28 bits per heavy atom. The summed E-state index contributed by atoms with van der Waals surface area (Å²) in [6.45, 7) is 0.420. The third-order valence-corrected chi connectivity index (χ3v) is 2.96. The van der Waals surface area contributed by atoms with E-state index in [1.54, 1.807) is 12.1 Å². The Hall–Kier alpha value is -1.87. The molecule has 18 heavy (non-hydrogen) atoms. The van der Waals surface area contributed by atoms with Crippen LogP contribution in [-0.4, -0.2) is 14.1 Å². The van der Waals surface area contributed by atoms with Crippen LogP contribution in [0.25, 0.3) is 11.1 Å². The molecule has 0 heterocycles. The van der Waals surface area contributed by atoms with Crippen molar-refractivity contribution in [1.29, 1.82) is 0 Å². The van der Waals surface area contributed by atoms with E-state index in [1.165, 1.54) is 6.07 Å². The van der Waals surface area contributed by atoms with Crippen LogP contribution in [-0.2, 0) is 6.54 Å². The average Bonchev–Trinajstić information content (AvgIpc) is 2.39. The monoisotopic (exact) mass is 244 g/mol. The molecule has 94 valence electrons. The first-order chi connectivity index (χ1) is 8.61. The minimum absolute atomic E-state index is 0.218. The summed E-state index contributed by atoms with van der Waals surface area (Å²) in [5.41, 5.74) is 9.08. The van der Waals surface area contributed by atoms with Crippen LogP contribution in [0.5, 0.6) is 0 Å². The van der Waals surface area contributed by atoms with Gasteiger partial charge in [-0.15, -0.1) is 0 Å². The second-order valence-corrected chi connectivity index (χ2v) is 4.46. The van der Waals surface area contributed by atoms with Gasteiger partial charge in [-0.05, 0) is 35.4 Å². The van der Waals surface area contributed by atoms with Crippen molar-refractivity contribution in [2.45, 2.75) is 6.54 Å². The molecule has 0 unspecified atom stereocenters. The van der Waals surface area contributed by atoms with Gasteiger partial charge in [-0.25, -0.2) is 4.39 Å². The summed E-state index contributed by atoms with van der Waals surface area (Å²) in [6.07, 6.45) is 0. The van der Waals surface area contributed by atoms with Gasteiger partial charge in [0.15, 0.2) is 0 Å². The summed E-state index contributed by atoms with van der Waals surface area (Å²) >= 11 is 0. The van der Waals surface area contributed by atoms with Crippen molar-refractivity contribution in [1.82, 2.24) is 0 Å². The van der Waals surface area contributed by atoms with Crippen LogP contribution >= 0.6 is 0 Å². The van der Waals surface area contributed by atoms with E-state index < -0.39 is 0 Å². The largest absolute Gasteiger partial charge is 0.378 e. The van der Waals surface area contributed by atoms with Crippen molar-refractivity contribution in [2.24, 2.45) is 5.73 Å². The first-order valence-corrected chi connectivity index (χ1v) is 5.88. The molecule has 0 atom stereocenters. The molecule has 0 aromatic heterocycles. The highest BCUT2D eigenvalue weighted by molar-refractivity contribution is 5.67. The maximum Gasteiger partial charge on any atom is 0.131 e. The Morgan fingerprint density at radius 1 is 1.06 bits per heavy atom. The van der Waals surface area contributed by atoms with Crippen LogP contribution in [0.1, 0.15) is 5.56 Å². The molecule has 0 radical (unpaired) electrons. The van der Waals surface area contributed by atoms with Gasteiger partial charge in [-0.1, -0.05) is 18.2 Å². The van der Waals surface area contributed by atoms with E-state index in [-0.39, 0.29) is 5.82 Å². The van der Waals surface area contributed by atoms with Gasteiger partial charge < -0.3 is 10.6 Å². The highest BCUT2D eigenvalue weighted by Gasteiger charge is 2.06. The first kappa shape index (κ1) is 12.6. The molecule has 2 N–H and O–H groups in total. The summed E-state index contributed by atoms with van der Waals surface area (Å²) in [7, 11) is 3.95. The predicted octanol–water partition coefficient (Wildman–Crippen LogP) is 3.02. The number of anilines is 1. The zero-order valence-electron chi connectivity index (χ0n) is 10.7. The lowest BCUT2D eigenvalue weighted by atomic mass is 10.0. The molecule has 0 aliphatic carbocycles. The van der Waals surface area contributed by atoms with Crippen molar-refractivity contribution in [3.63, 3.8) is 0 Å². The zero-order valence-corrected chi connectivity index (χ0v) is 10.7. The predicted molar refractivity (Wildman–Crippen MR) is 74.1 cm³/mol. The number of nitrogens with two attached hydrogens (primary N) is 1. The summed E-state index contributed by atoms with van der Waals surface area (Å²) in [4.78, 5) is 2.01. The Labute approximate surface area is 107 Å². The molecular formula is C15H17FN2. The van der Waals surface area contributed by atoms with Gasteiger partial charge in [0.2, 0.25) is 0 Å². The van der Waals surface area contributed by atoms with Gasteiger partial charge in [-0.2, -0.15) is 0 Å². The van der Waals surface area contributed by atoms with E-state index in [0.717, 1.165) is 16.8 Å². The highest BCUT2D eigenvalue weighted by Crippen LogP contribution is 2.26. The Balaban J connectivity index is 2.41. The normalized spacial score (nSPS) is 10.4. The molecule has 0 saturated heterocycles. The van der Waals surface area contributed by atoms with Crippen LogP contribution in [0, 0.1) is 5.82 Å². The minimum Gasteiger partial charge on any atom is -0.378 e. The van der Waals surface area contributed by atoms with E-state index in [9.17, 15) is 4.39 Å². The number of halogens is 1. The molecule has 0 spiro atoms. The maximum absolute atomic E-state index is 13.8. The van der Waals surface area contributed by atoms with E-state index in [0.29, 0.717) is 12.1 Å². The molecule has 0 saturated carbocycles. The average molecular weight is 244 g/mol. The van der Waals surface area contributed by atoms with Crippen LogP contribution in [0.2, 0.25) is 0 Å². The lowest BCUT2D eigenvalue weighted by Crippen LogP contribution is -2.07. The Bertz CT molecular complexity index is 533. The summed E-state index contributed by atoms with van der Waals surface area (Å²) in [6, 6.07) is 12.8. The summed E-state index contributed by atoms with van der Waals surface area (Å²) < 4.78 is 13.8. The Morgan fingerprint density at radius 2 is 1.72 bits per heavy atom. The van der Waals surface area contributed by atoms with Gasteiger partial charge in [0.05, 0.1) is 0 Å². The topological polar surface area (TPSA) is 29.3 Å². The first-order valence-electron chi connectivity index (χ1n) is 5.88. The molecule has 2 nitrogen and oxygen atoms in total. The van der Waals surface area contributed by atoms with Crippen LogP contribution in [0.3, 0.4) is 0 Å². The van der Waals surface area contributed by atoms with Gasteiger partial charge >= 0.3 is 0 Å². The molecule has 0 aliphatic heterocycles. The molecule has 2 aromatic carbocycles. The third kappa shape index (κ3) is 2.51. The van der Waals surface area contributed by atoms with Gasteiger partial charge in [-0.3, -0.25) is 0 Å². The van der Waals surface area contributed by atoms with Gasteiger partial charge in [0.25, 0.3) is 0 Å². The summed E-state index contributed by atoms with van der Waals surface area (Å²) in [5, 5.41) is 0. The van der Waals surface area contributed by atoms with E-state index in [4.69, 9.17) is 5.73 Å². The second-order valence-electron chi connectivity index (χ2n) is 4.46. The molecule has 2 aromatic rings. The van der Waals surface area contributed by atoms with Crippen LogP contribution in [0.15, 0.2) is 42.5 Å². The van der Waals surface area contributed by atoms with Crippen LogP contribution < -0.4 is 10.6 Å². The van der Waals surface area contributed by atoms with Crippen LogP contribution in [0.4, 0.5) is 10.1 Å². The fourth-order valence-electron chi connectivity index (χ4n) is 1.86. The van der Waals surface area contributed by atoms with Crippen molar-refractivity contribution < 1.29 is 4.39 Å². The van der Waals surface area contributed by atoms with Crippen molar-refractivity contribution >= 4 is 5.69 Å². The molecule has 0 aliphatic rings. The third-order valence-electron chi connectivity index (χ3n) is 2.96. The van der Waals surface area contributed by atoms with E-state index >= 15 is 0 Å². The van der Waals surface area contributed by atoms with E-state index in [1.807, 2.05) is 43.3 Å². The number of nitrogens with zero attached hydrogens (tertiary/aromatic N) is 1. The van der Waals surface area contributed by atoms with Gasteiger partial charge in [0.1, 0.15) is 5.82 Å². The molecule has 2 rings (SSSR count). The van der Waals surface area contributed by atoms with Crippen molar-refractivity contribution in [2.75, 3.05) is 19.0 Å². The quantitative estimate of drug-likeness (QED) is 0.899. The standard InChI is InChI=1S/C15H17FN2/c1-18(2)13-6-4-12(5-7-13)14-9-11(10-17)3-8-15(14)16/h3-9H,10,17H2,1-2H3. The van der Waals surface area contributed by atoms with Crippen molar-refractivity contribution in [3.05, 3.63) is 53.8 Å². The lowest BCUT2D eigenvalue weighted by molar-refractivity contribution is 0.630. The van der Waals surface area contributed by atoms with Gasteiger partial charge in [0, 0.05) is 31.9 Å². The highest BCUT2D eigenvalue weighted by atomic mass is 19.1. The van der Waals surface area contributed by atoms with Crippen molar-refractivity contribution in [3.8, 4) is 11.1 Å². The SMILES string of the molecule is CN(C)c1ccc(-c2cc(CN)ccc2F)cc1. The number of benzene rings is 2. The summed E-state index contributed by atoms with van der Waals surface area (Å²) in [5.74, 6) is -0.218. The maximum atomic E-state index is 13.8. The molecule has 3 heteroatoms.